The van der Waals surface area contributed by atoms with Crippen LogP contribution in [0.4, 0.5) is 0 Å². The van der Waals surface area contributed by atoms with Crippen molar-refractivity contribution < 1.29 is 19.1 Å². The quantitative estimate of drug-likeness (QED) is 0.481. The summed E-state index contributed by atoms with van der Waals surface area (Å²) in [6, 6.07) is 10.2. The van der Waals surface area contributed by atoms with Gasteiger partial charge in [0, 0.05) is 18.0 Å². The highest BCUT2D eigenvalue weighted by molar-refractivity contribution is 5.99. The van der Waals surface area contributed by atoms with Gasteiger partial charge in [0.15, 0.2) is 12.1 Å². The Kier molecular flexibility index (Phi) is 5.07. The Balaban J connectivity index is 1.93. The molecule has 26 heavy (non-hydrogen) atoms. The van der Waals surface area contributed by atoms with E-state index in [1.807, 2.05) is 6.07 Å². The number of carbonyl (C=O) groups is 2. The van der Waals surface area contributed by atoms with E-state index in [9.17, 15) is 9.59 Å². The lowest BCUT2D eigenvalue weighted by molar-refractivity contribution is 0.0962. The van der Waals surface area contributed by atoms with Gasteiger partial charge in [0.25, 0.3) is 0 Å². The molecule has 7 heteroatoms. The van der Waals surface area contributed by atoms with Gasteiger partial charge >= 0.3 is 0 Å². The van der Waals surface area contributed by atoms with E-state index in [0.29, 0.717) is 34.7 Å². The Hall–Kier alpha value is -3.48. The Morgan fingerprint density at radius 3 is 2.69 bits per heavy atom. The Morgan fingerprint density at radius 2 is 2.04 bits per heavy atom. The number of methoxy groups -OCH3 is 2. The van der Waals surface area contributed by atoms with Gasteiger partial charge in [-0.25, -0.2) is 0 Å². The third-order valence-corrected chi connectivity index (χ3v) is 3.89. The van der Waals surface area contributed by atoms with Crippen LogP contribution in [-0.2, 0) is 6.54 Å². The summed E-state index contributed by atoms with van der Waals surface area (Å²) in [5.41, 5.74) is 2.01. The summed E-state index contributed by atoms with van der Waals surface area (Å²) in [5, 5.41) is 4.37. The van der Waals surface area contributed by atoms with Gasteiger partial charge in [-0.3, -0.25) is 19.3 Å². The number of Topliss-reactive ketones (excluding diaryl/α,β-unsaturated/α-hetero) is 1. The molecule has 0 aliphatic rings. The van der Waals surface area contributed by atoms with Crippen molar-refractivity contribution in [1.29, 1.82) is 0 Å². The summed E-state index contributed by atoms with van der Waals surface area (Å²) in [6.07, 6.45) is 3.97. The van der Waals surface area contributed by atoms with E-state index in [2.05, 4.69) is 10.1 Å². The van der Waals surface area contributed by atoms with Crippen LogP contribution in [0.25, 0.3) is 11.3 Å². The largest absolute Gasteiger partial charge is 0.497 e. The molecular formula is C19H17N3O4. The van der Waals surface area contributed by atoms with Crippen LogP contribution < -0.4 is 9.47 Å². The summed E-state index contributed by atoms with van der Waals surface area (Å²) in [5.74, 6) is 0.731. The number of pyridine rings is 1. The molecule has 1 aromatic carbocycles. The summed E-state index contributed by atoms with van der Waals surface area (Å²) in [7, 11) is 3.01. The number of ketones is 1. The van der Waals surface area contributed by atoms with E-state index < -0.39 is 0 Å². The molecule has 2 heterocycles. The molecule has 0 radical (unpaired) electrons. The van der Waals surface area contributed by atoms with Gasteiger partial charge in [-0.2, -0.15) is 5.10 Å². The number of nitrogens with zero attached hydrogens (tertiary/aromatic N) is 3. The second-order valence-corrected chi connectivity index (χ2v) is 5.46. The van der Waals surface area contributed by atoms with Crippen LogP contribution in [0.5, 0.6) is 11.5 Å². The maximum Gasteiger partial charge on any atom is 0.188 e. The number of hydrogen-bond acceptors (Lipinski definition) is 6. The van der Waals surface area contributed by atoms with E-state index in [4.69, 9.17) is 9.47 Å². The number of benzene rings is 1. The first-order valence-electron chi connectivity index (χ1n) is 7.85. The fraction of sp³-hybridized carbons (Fsp3) is 0.158. The minimum absolute atomic E-state index is 0.0993. The van der Waals surface area contributed by atoms with Crippen LogP contribution >= 0.6 is 0 Å². The molecule has 0 saturated heterocycles. The maximum absolute atomic E-state index is 12.8. The first-order chi connectivity index (χ1) is 12.7. The molecule has 3 aromatic rings. The molecule has 132 valence electrons. The lowest BCUT2D eigenvalue weighted by atomic mass is 10.1. The molecule has 0 aliphatic carbocycles. The number of aromatic nitrogens is 3. The Morgan fingerprint density at radius 1 is 1.19 bits per heavy atom. The number of hydrogen-bond donors (Lipinski definition) is 0. The van der Waals surface area contributed by atoms with Crippen molar-refractivity contribution in [3.05, 3.63) is 60.0 Å². The SMILES string of the molecule is COc1ccc(OC)c(C(=O)Cn2nc(-c3cccnc3)cc2C=O)c1. The summed E-state index contributed by atoms with van der Waals surface area (Å²) in [4.78, 5) is 28.2. The van der Waals surface area contributed by atoms with Crippen molar-refractivity contribution in [3.63, 3.8) is 0 Å². The van der Waals surface area contributed by atoms with Crippen LogP contribution in [0.1, 0.15) is 20.8 Å². The van der Waals surface area contributed by atoms with Gasteiger partial charge in [0.05, 0.1) is 25.5 Å². The minimum atomic E-state index is -0.246. The van der Waals surface area contributed by atoms with Crippen molar-refractivity contribution in [2.24, 2.45) is 0 Å². The highest BCUT2D eigenvalue weighted by atomic mass is 16.5. The third-order valence-electron chi connectivity index (χ3n) is 3.89. The van der Waals surface area contributed by atoms with Gasteiger partial charge < -0.3 is 9.47 Å². The van der Waals surface area contributed by atoms with Crippen LogP contribution in [0.15, 0.2) is 48.8 Å². The zero-order chi connectivity index (χ0) is 18.5. The van der Waals surface area contributed by atoms with Crippen LogP contribution in [0.2, 0.25) is 0 Å². The van der Waals surface area contributed by atoms with E-state index in [-0.39, 0.29) is 12.3 Å². The van der Waals surface area contributed by atoms with Gasteiger partial charge in [-0.05, 0) is 36.4 Å². The molecule has 0 amide bonds. The molecule has 0 saturated carbocycles. The smallest absolute Gasteiger partial charge is 0.188 e. The zero-order valence-electron chi connectivity index (χ0n) is 14.4. The predicted octanol–water partition coefficient (Wildman–Crippen LogP) is 2.66. The van der Waals surface area contributed by atoms with E-state index in [1.165, 1.54) is 18.9 Å². The fourth-order valence-electron chi connectivity index (χ4n) is 2.56. The normalized spacial score (nSPS) is 10.4. The van der Waals surface area contributed by atoms with Crippen LogP contribution in [-0.4, -0.2) is 41.1 Å². The van der Waals surface area contributed by atoms with Gasteiger partial charge in [0.1, 0.15) is 23.7 Å². The van der Waals surface area contributed by atoms with Gasteiger partial charge in [0.2, 0.25) is 0 Å². The van der Waals surface area contributed by atoms with Gasteiger partial charge in [-0.15, -0.1) is 0 Å². The van der Waals surface area contributed by atoms with Gasteiger partial charge in [-0.1, -0.05) is 0 Å². The van der Waals surface area contributed by atoms with E-state index >= 15 is 0 Å². The molecule has 0 N–H and O–H groups in total. The first-order valence-corrected chi connectivity index (χ1v) is 7.85. The molecule has 3 rings (SSSR count). The van der Waals surface area contributed by atoms with Crippen LogP contribution in [0, 0.1) is 0 Å². The molecular weight excluding hydrogens is 334 g/mol. The fourth-order valence-corrected chi connectivity index (χ4v) is 2.56. The standard InChI is InChI=1S/C19H17N3O4/c1-25-15-5-6-19(26-2)16(9-15)18(24)11-22-14(12-23)8-17(21-22)13-4-3-7-20-10-13/h3-10,12H,11H2,1-2H3. The van der Waals surface area contributed by atoms with Crippen molar-refractivity contribution in [2.75, 3.05) is 14.2 Å². The average Bonchev–Trinajstić information content (AvgIpc) is 3.10. The lowest BCUT2D eigenvalue weighted by Gasteiger charge is -2.10. The summed E-state index contributed by atoms with van der Waals surface area (Å²) >= 11 is 0. The molecule has 0 bridgehead atoms. The number of aldehydes is 1. The molecule has 0 atom stereocenters. The Bertz CT molecular complexity index is 935. The van der Waals surface area contributed by atoms with Crippen LogP contribution in [0.3, 0.4) is 0 Å². The molecule has 0 spiro atoms. The van der Waals surface area contributed by atoms with Crippen molar-refractivity contribution >= 4 is 12.1 Å². The molecule has 0 fully saturated rings. The molecule has 0 aliphatic heterocycles. The highest BCUT2D eigenvalue weighted by Gasteiger charge is 2.17. The summed E-state index contributed by atoms with van der Waals surface area (Å²) in [6.45, 7) is -0.0993. The number of ether oxygens (including phenoxy) is 2. The maximum atomic E-state index is 12.8. The zero-order valence-corrected chi connectivity index (χ0v) is 14.4. The van der Waals surface area contributed by atoms with Crippen molar-refractivity contribution in [2.45, 2.75) is 6.54 Å². The predicted molar refractivity (Wildman–Crippen MR) is 94.7 cm³/mol. The second kappa shape index (κ2) is 7.60. The number of rotatable bonds is 7. The Labute approximate surface area is 150 Å². The topological polar surface area (TPSA) is 83.3 Å². The highest BCUT2D eigenvalue weighted by Crippen LogP contribution is 2.25. The second-order valence-electron chi connectivity index (χ2n) is 5.46. The first kappa shape index (κ1) is 17.3. The minimum Gasteiger partial charge on any atom is -0.497 e. The molecule has 0 unspecified atom stereocenters. The van der Waals surface area contributed by atoms with E-state index in [1.54, 1.807) is 42.7 Å². The van der Waals surface area contributed by atoms with Crippen molar-refractivity contribution in [1.82, 2.24) is 14.8 Å². The summed E-state index contributed by atoms with van der Waals surface area (Å²) < 4.78 is 11.8. The lowest BCUT2D eigenvalue weighted by Crippen LogP contribution is -2.15. The molecule has 7 nitrogen and oxygen atoms in total. The van der Waals surface area contributed by atoms with E-state index in [0.717, 1.165) is 5.56 Å². The average molecular weight is 351 g/mol. The van der Waals surface area contributed by atoms with Crippen molar-refractivity contribution in [3.8, 4) is 22.8 Å². The third kappa shape index (κ3) is 3.46. The molecule has 2 aromatic heterocycles. The monoisotopic (exact) mass is 351 g/mol. The number of carbonyl (C=O) groups excluding carboxylic acids is 2.